The second-order valence-corrected chi connectivity index (χ2v) is 4.53. The maximum absolute atomic E-state index is 12.2. The predicted octanol–water partition coefficient (Wildman–Crippen LogP) is 3.39. The second kappa shape index (κ2) is 6.14. The molecule has 0 aliphatic heterocycles. The fourth-order valence-corrected chi connectivity index (χ4v) is 1.93. The van der Waals surface area contributed by atoms with Gasteiger partial charge in [-0.2, -0.15) is 13.2 Å². The minimum atomic E-state index is -4.21. The molecular formula is C13H18F3NO2. The summed E-state index contributed by atoms with van der Waals surface area (Å²) in [5.41, 5.74) is 0.508. The van der Waals surface area contributed by atoms with Gasteiger partial charge >= 0.3 is 6.18 Å². The first-order valence-corrected chi connectivity index (χ1v) is 5.92. The van der Waals surface area contributed by atoms with Crippen LogP contribution >= 0.6 is 0 Å². The van der Waals surface area contributed by atoms with Crippen molar-refractivity contribution in [2.24, 2.45) is 0 Å². The fraction of sp³-hybridized carbons (Fsp3) is 0.538. The lowest BCUT2D eigenvalue weighted by atomic mass is 10.1. The molecule has 2 atom stereocenters. The van der Waals surface area contributed by atoms with Crippen molar-refractivity contribution in [1.82, 2.24) is 5.32 Å². The van der Waals surface area contributed by atoms with Gasteiger partial charge < -0.3 is 15.2 Å². The number of hydrogen-bond donors (Lipinski definition) is 2. The van der Waals surface area contributed by atoms with Gasteiger partial charge in [-0.05, 0) is 32.0 Å². The second-order valence-electron chi connectivity index (χ2n) is 4.53. The Kier molecular flexibility index (Phi) is 5.05. The topological polar surface area (TPSA) is 41.5 Å². The fourth-order valence-electron chi connectivity index (χ4n) is 1.93. The van der Waals surface area contributed by atoms with Crippen molar-refractivity contribution >= 4 is 0 Å². The number of benzene rings is 1. The molecule has 3 nitrogen and oxygen atoms in total. The number of hydrogen-bond acceptors (Lipinski definition) is 3. The summed E-state index contributed by atoms with van der Waals surface area (Å²) in [5.74, 6) is 0.574. The molecule has 0 fully saturated rings. The van der Waals surface area contributed by atoms with Crippen molar-refractivity contribution in [2.45, 2.75) is 38.5 Å². The quantitative estimate of drug-likeness (QED) is 0.866. The first kappa shape index (κ1) is 15.6. The van der Waals surface area contributed by atoms with E-state index in [1.165, 1.54) is 20.1 Å². The van der Waals surface area contributed by atoms with E-state index in [1.54, 1.807) is 19.1 Å². The third-order valence-corrected chi connectivity index (χ3v) is 2.77. The third-order valence-electron chi connectivity index (χ3n) is 2.77. The Morgan fingerprint density at radius 3 is 2.47 bits per heavy atom. The van der Waals surface area contributed by atoms with Crippen LogP contribution < -0.4 is 10.1 Å². The van der Waals surface area contributed by atoms with Crippen LogP contribution in [0, 0.1) is 0 Å². The van der Waals surface area contributed by atoms with Gasteiger partial charge in [0, 0.05) is 17.6 Å². The molecule has 19 heavy (non-hydrogen) atoms. The van der Waals surface area contributed by atoms with E-state index in [4.69, 9.17) is 4.74 Å². The van der Waals surface area contributed by atoms with Crippen molar-refractivity contribution in [2.75, 3.05) is 7.11 Å². The molecule has 2 unspecified atom stereocenters. The van der Waals surface area contributed by atoms with Crippen LogP contribution in [-0.4, -0.2) is 24.4 Å². The number of rotatable bonds is 5. The lowest BCUT2D eigenvalue weighted by Crippen LogP contribution is -2.33. The molecule has 0 amide bonds. The maximum atomic E-state index is 12.2. The van der Waals surface area contributed by atoms with Crippen LogP contribution in [0.25, 0.3) is 0 Å². The lowest BCUT2D eigenvalue weighted by molar-refractivity contribution is -0.139. The van der Waals surface area contributed by atoms with Gasteiger partial charge in [-0.1, -0.05) is 0 Å². The van der Waals surface area contributed by atoms with E-state index in [-0.39, 0.29) is 5.75 Å². The summed E-state index contributed by atoms with van der Waals surface area (Å²) in [6.07, 6.45) is -5.12. The van der Waals surface area contributed by atoms with Crippen molar-refractivity contribution in [3.63, 3.8) is 0 Å². The predicted molar refractivity (Wildman–Crippen MR) is 66.3 cm³/mol. The molecule has 0 heterocycles. The molecule has 0 aliphatic carbocycles. The molecule has 0 aromatic heterocycles. The normalized spacial score (nSPS) is 15.1. The minimum absolute atomic E-state index is 0.0278. The largest absolute Gasteiger partial charge is 0.508 e. The molecular weight excluding hydrogens is 259 g/mol. The van der Waals surface area contributed by atoms with Crippen molar-refractivity contribution in [1.29, 1.82) is 0 Å². The highest BCUT2D eigenvalue weighted by Crippen LogP contribution is 2.29. The zero-order valence-corrected chi connectivity index (χ0v) is 11.1. The van der Waals surface area contributed by atoms with E-state index >= 15 is 0 Å². The SMILES string of the molecule is COc1ccc(O)c(C(C)NC(C)CC(F)(F)F)c1. The summed E-state index contributed by atoms with van der Waals surface area (Å²) in [5, 5.41) is 12.5. The molecule has 1 aromatic carbocycles. The molecule has 1 aromatic rings. The van der Waals surface area contributed by atoms with Gasteiger partial charge in [0.25, 0.3) is 0 Å². The Bertz CT molecular complexity index is 421. The van der Waals surface area contributed by atoms with Gasteiger partial charge in [-0.25, -0.2) is 0 Å². The van der Waals surface area contributed by atoms with E-state index < -0.39 is 24.7 Å². The number of ether oxygens (including phenoxy) is 1. The van der Waals surface area contributed by atoms with Crippen molar-refractivity contribution < 1.29 is 23.0 Å². The standard InChI is InChI=1S/C13H18F3NO2/c1-8(7-13(14,15)16)17-9(2)11-6-10(19-3)4-5-12(11)18/h4-6,8-9,17-18H,7H2,1-3H3. The number of halogens is 3. The Morgan fingerprint density at radius 1 is 1.32 bits per heavy atom. The number of phenolic OH excluding ortho intramolecular Hbond substituents is 1. The summed E-state index contributed by atoms with van der Waals surface area (Å²) >= 11 is 0. The van der Waals surface area contributed by atoms with Crippen LogP contribution in [0.5, 0.6) is 11.5 Å². The van der Waals surface area contributed by atoms with Crippen LogP contribution in [0.2, 0.25) is 0 Å². The molecule has 0 saturated heterocycles. The zero-order chi connectivity index (χ0) is 14.6. The molecule has 108 valence electrons. The van der Waals surface area contributed by atoms with E-state index in [0.29, 0.717) is 11.3 Å². The van der Waals surface area contributed by atoms with Crippen LogP contribution in [0.15, 0.2) is 18.2 Å². The molecule has 1 rings (SSSR count). The van der Waals surface area contributed by atoms with Crippen LogP contribution in [0.4, 0.5) is 13.2 Å². The maximum Gasteiger partial charge on any atom is 0.390 e. The highest BCUT2D eigenvalue weighted by atomic mass is 19.4. The molecule has 0 saturated carbocycles. The Labute approximate surface area is 110 Å². The number of methoxy groups -OCH3 is 1. The lowest BCUT2D eigenvalue weighted by Gasteiger charge is -2.22. The first-order valence-electron chi connectivity index (χ1n) is 5.92. The monoisotopic (exact) mass is 277 g/mol. The van der Waals surface area contributed by atoms with Crippen LogP contribution in [-0.2, 0) is 0 Å². The Hall–Kier alpha value is -1.43. The third kappa shape index (κ3) is 4.98. The number of phenols is 1. The van der Waals surface area contributed by atoms with Gasteiger partial charge in [0.1, 0.15) is 11.5 Å². The number of nitrogens with one attached hydrogen (secondary N) is 1. The van der Waals surface area contributed by atoms with Gasteiger partial charge in [-0.15, -0.1) is 0 Å². The van der Waals surface area contributed by atoms with E-state index in [9.17, 15) is 18.3 Å². The molecule has 0 bridgehead atoms. The summed E-state index contributed by atoms with van der Waals surface area (Å²) in [7, 11) is 1.49. The zero-order valence-electron chi connectivity index (χ0n) is 11.1. The first-order chi connectivity index (χ1) is 8.73. The number of aromatic hydroxyl groups is 1. The number of alkyl halides is 3. The molecule has 6 heteroatoms. The Balaban J connectivity index is 2.75. The van der Waals surface area contributed by atoms with E-state index in [0.717, 1.165) is 0 Å². The average Bonchev–Trinajstić information content (AvgIpc) is 2.26. The summed E-state index contributed by atoms with van der Waals surface area (Å²) in [4.78, 5) is 0. The average molecular weight is 277 g/mol. The highest BCUT2D eigenvalue weighted by Gasteiger charge is 2.30. The van der Waals surface area contributed by atoms with Crippen LogP contribution in [0.1, 0.15) is 31.9 Å². The van der Waals surface area contributed by atoms with Crippen molar-refractivity contribution in [3.05, 3.63) is 23.8 Å². The van der Waals surface area contributed by atoms with E-state index in [1.807, 2.05) is 0 Å². The highest BCUT2D eigenvalue weighted by molar-refractivity contribution is 5.41. The van der Waals surface area contributed by atoms with E-state index in [2.05, 4.69) is 5.32 Å². The molecule has 0 spiro atoms. The van der Waals surface area contributed by atoms with Crippen LogP contribution in [0.3, 0.4) is 0 Å². The smallest absolute Gasteiger partial charge is 0.390 e. The molecule has 2 N–H and O–H groups in total. The summed E-state index contributed by atoms with van der Waals surface area (Å²) in [6, 6.07) is 3.51. The minimum Gasteiger partial charge on any atom is -0.508 e. The molecule has 0 radical (unpaired) electrons. The van der Waals surface area contributed by atoms with Gasteiger partial charge in [0.15, 0.2) is 0 Å². The molecule has 0 aliphatic rings. The van der Waals surface area contributed by atoms with Gasteiger partial charge in [0.05, 0.1) is 13.5 Å². The van der Waals surface area contributed by atoms with Gasteiger partial charge in [0.2, 0.25) is 0 Å². The Morgan fingerprint density at radius 2 is 1.95 bits per heavy atom. The van der Waals surface area contributed by atoms with Gasteiger partial charge in [-0.3, -0.25) is 0 Å². The summed E-state index contributed by atoms with van der Waals surface area (Å²) < 4.78 is 41.8. The summed E-state index contributed by atoms with van der Waals surface area (Å²) in [6.45, 7) is 3.16. The van der Waals surface area contributed by atoms with Crippen molar-refractivity contribution in [3.8, 4) is 11.5 Å².